The number of hydrogen-bond acceptors (Lipinski definition) is 5. The molecule has 0 saturated carbocycles. The minimum atomic E-state index is -0.486. The highest BCUT2D eigenvalue weighted by Crippen LogP contribution is 2.27. The van der Waals surface area contributed by atoms with Crippen molar-refractivity contribution >= 4 is 23.7 Å². The third-order valence-electron chi connectivity index (χ3n) is 3.67. The molecule has 3 amide bonds. The normalized spacial score (nSPS) is 11.8. The van der Waals surface area contributed by atoms with Gasteiger partial charge in [0, 0.05) is 18.7 Å². The number of urea groups is 1. The summed E-state index contributed by atoms with van der Waals surface area (Å²) in [5.74, 6) is 0.429. The largest absolute Gasteiger partial charge is 0.338 e. The lowest BCUT2D eigenvalue weighted by molar-refractivity contribution is -0.119. The van der Waals surface area contributed by atoms with Crippen LogP contribution in [0.2, 0.25) is 0 Å². The van der Waals surface area contributed by atoms with E-state index in [1.807, 2.05) is 29.7 Å². The molecular weight excluding hydrogens is 350 g/mol. The number of rotatable bonds is 7. The highest BCUT2D eigenvalue weighted by Gasteiger charge is 2.21. The number of hydrogen-bond donors (Lipinski definition) is 2. The summed E-state index contributed by atoms with van der Waals surface area (Å²) < 4.78 is 2.02. The van der Waals surface area contributed by atoms with E-state index in [-0.39, 0.29) is 5.91 Å². The molecule has 1 atom stereocenters. The number of aromatic nitrogens is 3. The minimum Gasteiger partial charge on any atom is -0.338 e. The second-order valence-corrected chi connectivity index (χ2v) is 7.24. The van der Waals surface area contributed by atoms with Crippen LogP contribution in [0, 0.1) is 6.92 Å². The van der Waals surface area contributed by atoms with E-state index in [1.165, 1.54) is 11.8 Å². The molecule has 0 saturated heterocycles. The van der Waals surface area contributed by atoms with E-state index in [0.717, 1.165) is 29.9 Å². The maximum Gasteiger partial charge on any atom is 0.321 e. The summed E-state index contributed by atoms with van der Waals surface area (Å²) in [6.07, 6.45) is 0.921. The number of imide groups is 1. The maximum atomic E-state index is 12.2. The minimum absolute atomic E-state index is 0.357. The molecular formula is C18H25N5O2S. The van der Waals surface area contributed by atoms with Gasteiger partial charge < -0.3 is 9.88 Å². The molecule has 8 heteroatoms. The molecule has 1 heterocycles. The van der Waals surface area contributed by atoms with Crippen molar-refractivity contribution in [2.75, 3.05) is 6.54 Å². The van der Waals surface area contributed by atoms with Crippen LogP contribution in [0.5, 0.6) is 0 Å². The summed E-state index contributed by atoms with van der Waals surface area (Å²) >= 11 is 1.30. The molecule has 0 bridgehead atoms. The Morgan fingerprint density at radius 2 is 2.04 bits per heavy atom. The zero-order chi connectivity index (χ0) is 19.1. The molecule has 0 aliphatic carbocycles. The van der Waals surface area contributed by atoms with Crippen molar-refractivity contribution in [2.24, 2.45) is 0 Å². The Morgan fingerprint density at radius 3 is 2.69 bits per heavy atom. The van der Waals surface area contributed by atoms with E-state index < -0.39 is 11.3 Å². The lowest BCUT2D eigenvalue weighted by atomic mass is 10.1. The van der Waals surface area contributed by atoms with Crippen LogP contribution < -0.4 is 10.6 Å². The standard InChI is InChI=1S/C18H25N5O2S/c1-5-10-23-15(14-9-7-8-12(3)11-14)21-22-18(23)26-13(4)16(24)20-17(25)19-6-2/h7-9,11,13H,5-6,10H2,1-4H3,(H2,19,20,24,25). The number of thioether (sulfide) groups is 1. The van der Waals surface area contributed by atoms with Crippen LogP contribution in [0.25, 0.3) is 11.4 Å². The number of amides is 3. The van der Waals surface area contributed by atoms with E-state index in [2.05, 4.69) is 33.8 Å². The zero-order valence-corrected chi connectivity index (χ0v) is 16.4. The van der Waals surface area contributed by atoms with Gasteiger partial charge in [-0.05, 0) is 33.3 Å². The third kappa shape index (κ3) is 5.08. The topological polar surface area (TPSA) is 88.9 Å². The summed E-state index contributed by atoms with van der Waals surface area (Å²) in [6, 6.07) is 7.61. The summed E-state index contributed by atoms with van der Waals surface area (Å²) in [7, 11) is 0. The molecule has 0 spiro atoms. The lowest BCUT2D eigenvalue weighted by Crippen LogP contribution is -2.42. The van der Waals surface area contributed by atoms with Crippen LogP contribution >= 0.6 is 11.8 Å². The first-order valence-electron chi connectivity index (χ1n) is 8.71. The van der Waals surface area contributed by atoms with Crippen molar-refractivity contribution in [1.29, 1.82) is 0 Å². The van der Waals surface area contributed by atoms with Gasteiger partial charge in [0.05, 0.1) is 5.25 Å². The monoisotopic (exact) mass is 375 g/mol. The molecule has 2 rings (SSSR count). The van der Waals surface area contributed by atoms with Gasteiger partial charge in [0.2, 0.25) is 5.91 Å². The Kier molecular flexibility index (Phi) is 7.20. The number of aryl methyl sites for hydroxylation is 1. The van der Waals surface area contributed by atoms with Gasteiger partial charge in [0.15, 0.2) is 11.0 Å². The summed E-state index contributed by atoms with van der Waals surface area (Å²) in [6.45, 7) is 8.88. The van der Waals surface area contributed by atoms with E-state index in [0.29, 0.717) is 11.7 Å². The molecule has 0 aliphatic rings. The van der Waals surface area contributed by atoms with Crippen molar-refractivity contribution in [3.8, 4) is 11.4 Å². The average molecular weight is 375 g/mol. The van der Waals surface area contributed by atoms with Crippen molar-refractivity contribution in [3.05, 3.63) is 29.8 Å². The smallest absolute Gasteiger partial charge is 0.321 e. The molecule has 1 aromatic carbocycles. The zero-order valence-electron chi connectivity index (χ0n) is 15.6. The highest BCUT2D eigenvalue weighted by molar-refractivity contribution is 8.00. The molecule has 2 aromatic rings. The Balaban J connectivity index is 2.19. The van der Waals surface area contributed by atoms with Crippen LogP contribution in [0.15, 0.2) is 29.4 Å². The van der Waals surface area contributed by atoms with Gasteiger partial charge in [-0.25, -0.2) is 4.79 Å². The van der Waals surface area contributed by atoms with Gasteiger partial charge in [-0.1, -0.05) is 42.4 Å². The first-order valence-corrected chi connectivity index (χ1v) is 9.59. The Bertz CT molecular complexity index is 775. The van der Waals surface area contributed by atoms with Crippen LogP contribution in [0.3, 0.4) is 0 Å². The van der Waals surface area contributed by atoms with Crippen LogP contribution in [-0.2, 0) is 11.3 Å². The number of nitrogens with zero attached hydrogens (tertiary/aromatic N) is 3. The van der Waals surface area contributed by atoms with Crippen LogP contribution in [0.4, 0.5) is 4.79 Å². The fourth-order valence-corrected chi connectivity index (χ4v) is 3.30. The van der Waals surface area contributed by atoms with Crippen LogP contribution in [-0.4, -0.2) is 38.5 Å². The van der Waals surface area contributed by atoms with Gasteiger partial charge in [-0.3, -0.25) is 10.1 Å². The molecule has 0 radical (unpaired) electrons. The second-order valence-electron chi connectivity index (χ2n) is 5.94. The highest BCUT2D eigenvalue weighted by atomic mass is 32.2. The Morgan fingerprint density at radius 1 is 1.27 bits per heavy atom. The first-order chi connectivity index (χ1) is 12.5. The second kappa shape index (κ2) is 9.38. The summed E-state index contributed by atoms with van der Waals surface area (Å²) in [5.41, 5.74) is 2.15. The predicted molar refractivity (Wildman–Crippen MR) is 103 cm³/mol. The van der Waals surface area contributed by atoms with Gasteiger partial charge in [-0.15, -0.1) is 10.2 Å². The molecule has 2 N–H and O–H groups in total. The SMILES string of the molecule is CCCn1c(SC(C)C(=O)NC(=O)NCC)nnc1-c1cccc(C)c1. The van der Waals surface area contributed by atoms with E-state index in [9.17, 15) is 9.59 Å². The number of nitrogens with one attached hydrogen (secondary N) is 2. The lowest BCUT2D eigenvalue weighted by Gasteiger charge is -2.13. The fourth-order valence-electron chi connectivity index (χ4n) is 2.43. The summed E-state index contributed by atoms with van der Waals surface area (Å²) in [5, 5.41) is 13.7. The molecule has 7 nitrogen and oxygen atoms in total. The van der Waals surface area contributed by atoms with Crippen molar-refractivity contribution in [2.45, 2.75) is 51.1 Å². The molecule has 0 fully saturated rings. The molecule has 140 valence electrons. The Labute approximate surface area is 158 Å². The van der Waals surface area contributed by atoms with E-state index >= 15 is 0 Å². The van der Waals surface area contributed by atoms with E-state index in [1.54, 1.807) is 13.8 Å². The number of benzene rings is 1. The quantitative estimate of drug-likeness (QED) is 0.726. The van der Waals surface area contributed by atoms with Gasteiger partial charge in [0.25, 0.3) is 0 Å². The van der Waals surface area contributed by atoms with E-state index in [4.69, 9.17) is 0 Å². The van der Waals surface area contributed by atoms with Crippen LogP contribution in [0.1, 0.15) is 32.8 Å². The van der Waals surface area contributed by atoms with Gasteiger partial charge in [-0.2, -0.15) is 0 Å². The molecule has 0 aliphatic heterocycles. The number of carbonyl (C=O) groups is 2. The average Bonchev–Trinajstić information content (AvgIpc) is 2.98. The molecule has 1 unspecified atom stereocenters. The number of carbonyl (C=O) groups excluding carboxylic acids is 2. The predicted octanol–water partition coefficient (Wildman–Crippen LogP) is 2.99. The van der Waals surface area contributed by atoms with Crippen molar-refractivity contribution in [3.63, 3.8) is 0 Å². The molecule has 1 aromatic heterocycles. The van der Waals surface area contributed by atoms with Crippen molar-refractivity contribution < 1.29 is 9.59 Å². The molecule has 26 heavy (non-hydrogen) atoms. The third-order valence-corrected chi connectivity index (χ3v) is 4.75. The van der Waals surface area contributed by atoms with Gasteiger partial charge >= 0.3 is 6.03 Å². The Hall–Kier alpha value is -2.35. The first kappa shape index (κ1) is 20.0. The fraction of sp³-hybridized carbons (Fsp3) is 0.444. The summed E-state index contributed by atoms with van der Waals surface area (Å²) in [4.78, 5) is 23.7. The van der Waals surface area contributed by atoms with Gasteiger partial charge in [0.1, 0.15) is 0 Å². The van der Waals surface area contributed by atoms with Crippen molar-refractivity contribution in [1.82, 2.24) is 25.4 Å². The maximum absolute atomic E-state index is 12.2.